The van der Waals surface area contributed by atoms with Crippen LogP contribution in [0.4, 0.5) is 10.5 Å². The molecule has 2 heterocycles. The number of carbonyl (C=O) groups excluding carboxylic acids is 4. The van der Waals surface area contributed by atoms with Gasteiger partial charge in [-0.15, -0.1) is 0 Å². The van der Waals surface area contributed by atoms with E-state index in [0.29, 0.717) is 24.3 Å². The van der Waals surface area contributed by atoms with Crippen molar-refractivity contribution in [3.05, 3.63) is 29.8 Å². The zero-order valence-corrected chi connectivity index (χ0v) is 14.7. The van der Waals surface area contributed by atoms with E-state index in [-0.39, 0.29) is 43.1 Å². The molecule has 5 amide bonds. The Morgan fingerprint density at radius 3 is 2.77 bits per heavy atom. The minimum atomic E-state index is -0.535. The van der Waals surface area contributed by atoms with Gasteiger partial charge in [0.05, 0.1) is 17.3 Å². The van der Waals surface area contributed by atoms with Gasteiger partial charge in [-0.1, -0.05) is 19.1 Å². The van der Waals surface area contributed by atoms with E-state index in [1.165, 1.54) is 4.90 Å². The molecule has 3 rings (SSSR count). The molecule has 2 saturated heterocycles. The fraction of sp³-hybridized carbons (Fsp3) is 0.444. The smallest absolute Gasteiger partial charge is 0.328 e. The molecule has 1 aromatic rings. The molecule has 2 aliphatic heterocycles. The average molecular weight is 358 g/mol. The Hall–Kier alpha value is -2.90. The summed E-state index contributed by atoms with van der Waals surface area (Å²) in [6.45, 7) is 3.41. The third kappa shape index (κ3) is 3.68. The summed E-state index contributed by atoms with van der Waals surface area (Å²) in [4.78, 5) is 51.3. The highest BCUT2D eigenvalue weighted by Crippen LogP contribution is 2.23. The second kappa shape index (κ2) is 7.55. The van der Waals surface area contributed by atoms with Crippen LogP contribution in [0.3, 0.4) is 0 Å². The number of carbonyl (C=O) groups is 4. The van der Waals surface area contributed by atoms with Crippen molar-refractivity contribution in [1.29, 1.82) is 0 Å². The predicted molar refractivity (Wildman–Crippen MR) is 94.7 cm³/mol. The molecule has 0 saturated carbocycles. The predicted octanol–water partition coefficient (Wildman–Crippen LogP) is 0.874. The van der Waals surface area contributed by atoms with E-state index in [9.17, 15) is 19.2 Å². The van der Waals surface area contributed by atoms with Gasteiger partial charge >= 0.3 is 6.03 Å². The lowest BCUT2D eigenvalue weighted by Gasteiger charge is -2.28. The molecule has 2 aliphatic rings. The van der Waals surface area contributed by atoms with E-state index < -0.39 is 6.03 Å². The first kappa shape index (κ1) is 17.9. The van der Waals surface area contributed by atoms with Crippen LogP contribution in [0.2, 0.25) is 0 Å². The van der Waals surface area contributed by atoms with E-state index >= 15 is 0 Å². The number of rotatable bonds is 5. The van der Waals surface area contributed by atoms with Gasteiger partial charge in [-0.05, 0) is 18.6 Å². The molecule has 0 aliphatic carbocycles. The highest BCUT2D eigenvalue weighted by Gasteiger charge is 2.32. The maximum Gasteiger partial charge on any atom is 0.328 e. The molecule has 0 spiro atoms. The van der Waals surface area contributed by atoms with Crippen molar-refractivity contribution in [3.63, 3.8) is 0 Å². The van der Waals surface area contributed by atoms with E-state index in [1.54, 1.807) is 29.2 Å². The molecule has 0 aromatic heterocycles. The molecular weight excluding hydrogens is 336 g/mol. The van der Waals surface area contributed by atoms with Crippen molar-refractivity contribution < 1.29 is 19.2 Å². The summed E-state index contributed by atoms with van der Waals surface area (Å²) in [5.41, 5.74) is 0.795. The number of benzene rings is 1. The molecule has 2 fully saturated rings. The van der Waals surface area contributed by atoms with Crippen LogP contribution in [0.25, 0.3) is 0 Å². The van der Waals surface area contributed by atoms with Gasteiger partial charge in [0.1, 0.15) is 0 Å². The first-order valence-electron chi connectivity index (χ1n) is 8.78. The van der Waals surface area contributed by atoms with Crippen LogP contribution in [0.1, 0.15) is 36.5 Å². The van der Waals surface area contributed by atoms with E-state index in [0.717, 1.165) is 6.42 Å². The largest absolute Gasteiger partial charge is 0.347 e. The molecule has 138 valence electrons. The molecule has 26 heavy (non-hydrogen) atoms. The maximum absolute atomic E-state index is 12.7. The summed E-state index contributed by atoms with van der Waals surface area (Å²) >= 11 is 0. The topological polar surface area (TPSA) is 98.8 Å². The molecule has 1 atom stereocenters. The van der Waals surface area contributed by atoms with Crippen molar-refractivity contribution in [1.82, 2.24) is 15.5 Å². The number of imide groups is 1. The minimum absolute atomic E-state index is 0.0411. The minimum Gasteiger partial charge on any atom is -0.347 e. The Balaban J connectivity index is 1.74. The van der Waals surface area contributed by atoms with Crippen LogP contribution in [-0.4, -0.2) is 54.3 Å². The molecule has 2 N–H and O–H groups in total. The van der Waals surface area contributed by atoms with Crippen molar-refractivity contribution >= 4 is 29.4 Å². The normalized spacial score (nSPS) is 20.3. The number of urea groups is 1. The first-order valence-corrected chi connectivity index (χ1v) is 8.78. The number of likely N-dealkylation sites (tertiary alicyclic amines) is 1. The van der Waals surface area contributed by atoms with Crippen molar-refractivity contribution in [3.8, 4) is 0 Å². The van der Waals surface area contributed by atoms with Gasteiger partial charge in [-0.25, -0.2) is 4.79 Å². The average Bonchev–Trinajstić information content (AvgIpc) is 2.94. The highest BCUT2D eigenvalue weighted by atomic mass is 16.2. The lowest BCUT2D eigenvalue weighted by atomic mass is 10.1. The van der Waals surface area contributed by atoms with Crippen molar-refractivity contribution in [2.45, 2.75) is 32.2 Å². The second-order valence-electron chi connectivity index (χ2n) is 6.49. The van der Waals surface area contributed by atoms with E-state index in [2.05, 4.69) is 10.6 Å². The summed E-state index contributed by atoms with van der Waals surface area (Å²) in [6.07, 6.45) is 1.34. The standard InChI is InChI=1S/C18H22N4O4/c1-2-8-21-11-12(10-16(21)24)19-17(25)13-5-3-4-6-14(13)22-9-7-15(23)20-18(22)26/h3-6,12H,2,7-11H2,1H3,(H,19,25)(H,20,23,26)/t12-/m0/s1. The van der Waals surface area contributed by atoms with Gasteiger partial charge in [0.2, 0.25) is 11.8 Å². The van der Waals surface area contributed by atoms with E-state index in [1.807, 2.05) is 6.92 Å². The van der Waals surface area contributed by atoms with Gasteiger partial charge in [0.15, 0.2) is 0 Å². The quantitative estimate of drug-likeness (QED) is 0.816. The summed E-state index contributed by atoms with van der Waals surface area (Å²) in [6, 6.07) is 5.98. The van der Waals surface area contributed by atoms with Gasteiger partial charge in [0, 0.05) is 32.5 Å². The zero-order valence-electron chi connectivity index (χ0n) is 14.7. The first-order chi connectivity index (χ1) is 12.5. The highest BCUT2D eigenvalue weighted by molar-refractivity contribution is 6.09. The summed E-state index contributed by atoms with van der Waals surface area (Å²) in [7, 11) is 0. The molecule has 0 radical (unpaired) electrons. The lowest BCUT2D eigenvalue weighted by molar-refractivity contribution is -0.127. The second-order valence-corrected chi connectivity index (χ2v) is 6.49. The number of anilines is 1. The van der Waals surface area contributed by atoms with Crippen LogP contribution < -0.4 is 15.5 Å². The third-order valence-electron chi connectivity index (χ3n) is 4.54. The molecule has 0 unspecified atom stereocenters. The maximum atomic E-state index is 12.7. The fourth-order valence-electron chi connectivity index (χ4n) is 3.31. The fourth-order valence-corrected chi connectivity index (χ4v) is 3.31. The zero-order chi connectivity index (χ0) is 18.7. The van der Waals surface area contributed by atoms with Gasteiger partial charge in [0.25, 0.3) is 5.91 Å². The Morgan fingerprint density at radius 2 is 2.04 bits per heavy atom. The van der Waals surface area contributed by atoms with Gasteiger partial charge in [-0.3, -0.25) is 24.6 Å². The summed E-state index contributed by atoms with van der Waals surface area (Å²) in [5.74, 6) is -0.616. The Labute approximate surface area is 151 Å². The Bertz CT molecular complexity index is 748. The van der Waals surface area contributed by atoms with Crippen LogP contribution in [0.15, 0.2) is 24.3 Å². The lowest BCUT2D eigenvalue weighted by Crippen LogP contribution is -2.50. The molecule has 8 nitrogen and oxygen atoms in total. The third-order valence-corrected chi connectivity index (χ3v) is 4.54. The molecule has 0 bridgehead atoms. The molecular formula is C18H22N4O4. The van der Waals surface area contributed by atoms with Crippen LogP contribution >= 0.6 is 0 Å². The number of hydrogen-bond donors (Lipinski definition) is 2. The monoisotopic (exact) mass is 358 g/mol. The van der Waals surface area contributed by atoms with Crippen LogP contribution in [0.5, 0.6) is 0 Å². The number of nitrogens with one attached hydrogen (secondary N) is 2. The van der Waals surface area contributed by atoms with E-state index in [4.69, 9.17) is 0 Å². The van der Waals surface area contributed by atoms with Gasteiger partial charge in [-0.2, -0.15) is 0 Å². The molecule has 1 aromatic carbocycles. The number of amides is 5. The number of hydrogen-bond acceptors (Lipinski definition) is 4. The van der Waals surface area contributed by atoms with Crippen molar-refractivity contribution in [2.75, 3.05) is 24.5 Å². The van der Waals surface area contributed by atoms with Crippen LogP contribution in [-0.2, 0) is 9.59 Å². The van der Waals surface area contributed by atoms with Gasteiger partial charge < -0.3 is 10.2 Å². The molecule has 8 heteroatoms. The summed E-state index contributed by atoms with van der Waals surface area (Å²) in [5, 5.41) is 5.15. The summed E-state index contributed by atoms with van der Waals surface area (Å²) < 4.78 is 0. The number of para-hydroxylation sites is 1. The van der Waals surface area contributed by atoms with Crippen LogP contribution in [0, 0.1) is 0 Å². The van der Waals surface area contributed by atoms with Crippen molar-refractivity contribution in [2.24, 2.45) is 0 Å². The Kier molecular flexibility index (Phi) is 5.20. The number of nitrogens with zero attached hydrogens (tertiary/aromatic N) is 2. The SMILES string of the molecule is CCCN1C[C@@H](NC(=O)c2ccccc2N2CCC(=O)NC2=O)CC1=O. The Morgan fingerprint density at radius 1 is 1.27 bits per heavy atom.